The zero-order valence-corrected chi connectivity index (χ0v) is 30.1. The van der Waals surface area contributed by atoms with Gasteiger partial charge in [-0.2, -0.15) is 11.8 Å². The number of phenols is 1. The Balaban J connectivity index is 1.16. The second kappa shape index (κ2) is 15.8. The van der Waals surface area contributed by atoms with Crippen LogP contribution in [0.25, 0.3) is 33.4 Å². The van der Waals surface area contributed by atoms with Gasteiger partial charge in [0.1, 0.15) is 11.3 Å². The Morgan fingerprint density at radius 3 is 2.55 bits per heavy atom. The first kappa shape index (κ1) is 36.3. The summed E-state index contributed by atoms with van der Waals surface area (Å²) in [5, 5.41) is 25.1. The summed E-state index contributed by atoms with van der Waals surface area (Å²) >= 11 is 3.68. The lowest BCUT2D eigenvalue weighted by atomic mass is 9.99. The summed E-state index contributed by atoms with van der Waals surface area (Å²) < 4.78 is 36.0. The minimum absolute atomic E-state index is 0.0670. The topological polar surface area (TPSA) is 179 Å². The van der Waals surface area contributed by atoms with Crippen LogP contribution >= 0.6 is 34.4 Å². The van der Waals surface area contributed by atoms with Gasteiger partial charge in [0.05, 0.1) is 28.6 Å². The number of carbonyl (C=O) groups is 4. The van der Waals surface area contributed by atoms with E-state index in [1.54, 1.807) is 18.2 Å². The van der Waals surface area contributed by atoms with E-state index in [9.17, 15) is 33.5 Å². The maximum Gasteiger partial charge on any atom is 0.315 e. The van der Waals surface area contributed by atoms with Crippen LogP contribution in [0.2, 0.25) is 0 Å². The van der Waals surface area contributed by atoms with Crippen LogP contribution in [0.15, 0.2) is 51.7 Å². The van der Waals surface area contributed by atoms with Crippen molar-refractivity contribution in [1.29, 1.82) is 0 Å². The van der Waals surface area contributed by atoms with Crippen LogP contribution in [0.5, 0.6) is 5.75 Å². The quantitative estimate of drug-likeness (QED) is 0.0382. The highest BCUT2D eigenvalue weighted by molar-refractivity contribution is 14.1. The SMILES string of the molecule is O=C(CI)NCc1c(O)c(F)cc2c(-[13c]3[13cH][13cH][13cH][13cH][13c]3C(=O)NCCNC(=O)CCCC[C@@H]3SC[C@@H]4NC(=O)N[C@@H]43)c3cc(F)c(=O)cc-3oc12. The molecule has 3 aliphatic heterocycles. The molecular formula is C35H34F2IN5O7S. The molecule has 2 aromatic carbocycles. The van der Waals surface area contributed by atoms with E-state index >= 15 is 4.39 Å². The maximum atomic E-state index is 15.3. The van der Waals surface area contributed by atoms with Gasteiger partial charge < -0.3 is 36.1 Å². The fraction of sp³-hybridized carbons (Fsp3) is 0.343. The van der Waals surface area contributed by atoms with Gasteiger partial charge >= 0.3 is 6.03 Å². The molecule has 0 bridgehead atoms. The number of thioether (sulfide) groups is 1. The van der Waals surface area contributed by atoms with E-state index in [0.29, 0.717) is 18.1 Å². The third-order valence-electron chi connectivity index (χ3n) is 8.92. The molecule has 0 radical (unpaired) electrons. The highest BCUT2D eigenvalue weighted by Crippen LogP contribution is 2.44. The molecule has 3 atom stereocenters. The molecule has 16 heteroatoms. The van der Waals surface area contributed by atoms with Crippen molar-refractivity contribution in [2.45, 2.75) is 49.6 Å². The number of nitrogens with one attached hydrogen (secondary N) is 5. The van der Waals surface area contributed by atoms with Crippen molar-refractivity contribution in [2.24, 2.45) is 0 Å². The molecule has 2 fully saturated rings. The lowest BCUT2D eigenvalue weighted by molar-refractivity contribution is -0.121. The Kier molecular flexibility index (Phi) is 11.3. The van der Waals surface area contributed by atoms with Crippen LogP contribution in [0.4, 0.5) is 13.6 Å². The first-order valence-corrected chi connectivity index (χ1v) is 18.9. The molecule has 268 valence electrons. The smallest absolute Gasteiger partial charge is 0.315 e. The zero-order chi connectivity index (χ0) is 36.2. The van der Waals surface area contributed by atoms with E-state index < -0.39 is 28.7 Å². The number of carbonyl (C=O) groups excluding carboxylic acids is 4. The van der Waals surface area contributed by atoms with Crippen LogP contribution in [0.1, 0.15) is 41.6 Å². The van der Waals surface area contributed by atoms with E-state index in [1.807, 2.05) is 34.4 Å². The average molecular weight is 840 g/mol. The van der Waals surface area contributed by atoms with Crippen LogP contribution < -0.4 is 32.0 Å². The lowest BCUT2D eigenvalue weighted by Crippen LogP contribution is -2.36. The summed E-state index contributed by atoms with van der Waals surface area (Å²) in [7, 11) is 0. The van der Waals surface area contributed by atoms with Crippen LogP contribution in [-0.4, -0.2) is 69.5 Å². The molecular weight excluding hydrogens is 805 g/mol. The van der Waals surface area contributed by atoms with E-state index in [0.717, 1.165) is 36.8 Å². The van der Waals surface area contributed by atoms with Crippen molar-refractivity contribution in [2.75, 3.05) is 23.3 Å². The van der Waals surface area contributed by atoms with Gasteiger partial charge in [0, 0.05) is 58.7 Å². The Morgan fingerprint density at radius 2 is 1.75 bits per heavy atom. The predicted molar refractivity (Wildman–Crippen MR) is 196 cm³/mol. The first-order chi connectivity index (χ1) is 24.5. The van der Waals surface area contributed by atoms with Crippen molar-refractivity contribution in [3.8, 4) is 28.2 Å². The summed E-state index contributed by atoms with van der Waals surface area (Å²) in [5.74, 6) is -3.17. The molecule has 1 aliphatic carbocycles. The van der Waals surface area contributed by atoms with Crippen LogP contribution in [-0.2, 0) is 16.1 Å². The highest BCUT2D eigenvalue weighted by Gasteiger charge is 2.42. The predicted octanol–water partition coefficient (Wildman–Crippen LogP) is 4.17. The zero-order valence-electron chi connectivity index (χ0n) is 27.1. The molecule has 0 spiro atoms. The van der Waals surface area contributed by atoms with Gasteiger partial charge in [0.2, 0.25) is 17.2 Å². The van der Waals surface area contributed by atoms with E-state index in [1.165, 1.54) is 6.07 Å². The summed E-state index contributed by atoms with van der Waals surface area (Å²) in [6.45, 7) is -0.0547. The van der Waals surface area contributed by atoms with Gasteiger partial charge in [0.25, 0.3) is 5.91 Å². The molecule has 2 aromatic rings. The number of rotatable bonds is 13. The fourth-order valence-electron chi connectivity index (χ4n) is 6.47. The third kappa shape index (κ3) is 7.90. The van der Waals surface area contributed by atoms with Crippen molar-refractivity contribution < 1.29 is 37.5 Å². The molecule has 12 nitrogen and oxygen atoms in total. The molecule has 2 saturated heterocycles. The monoisotopic (exact) mass is 839 g/mol. The first-order valence-electron chi connectivity index (χ1n) is 16.3. The summed E-state index contributed by atoms with van der Waals surface area (Å²) in [4.78, 5) is 61.9. The third-order valence-corrected chi connectivity index (χ3v) is 11.1. The summed E-state index contributed by atoms with van der Waals surface area (Å²) in [6.07, 6.45) is 2.74. The van der Waals surface area contributed by atoms with Crippen LogP contribution in [0.3, 0.4) is 0 Å². The van der Waals surface area contributed by atoms with Gasteiger partial charge in [-0.1, -0.05) is 47.2 Å². The van der Waals surface area contributed by atoms with Crippen molar-refractivity contribution >= 4 is 69.1 Å². The molecule has 6 N–H and O–H groups in total. The molecule has 6 rings (SSSR count). The lowest BCUT2D eigenvalue weighted by Gasteiger charge is -2.20. The average Bonchev–Trinajstić information content (AvgIpc) is 3.67. The number of hydrogen-bond donors (Lipinski definition) is 6. The van der Waals surface area contributed by atoms with Gasteiger partial charge in [-0.3, -0.25) is 19.2 Å². The Hall–Kier alpha value is -4.45. The van der Waals surface area contributed by atoms with Gasteiger partial charge in [0.15, 0.2) is 17.4 Å². The Morgan fingerprint density at radius 1 is 0.961 bits per heavy atom. The molecule has 5 amide bonds. The van der Waals surface area contributed by atoms with Crippen molar-refractivity contribution in [1.82, 2.24) is 26.6 Å². The number of phenolic OH excluding ortho intramolecular Hbond substituents is 1. The largest absolute Gasteiger partial charge is 0.504 e. The highest BCUT2D eigenvalue weighted by atomic mass is 127. The van der Waals surface area contributed by atoms with Gasteiger partial charge in [-0.15, -0.1) is 0 Å². The molecule has 51 heavy (non-hydrogen) atoms. The molecule has 4 aliphatic rings. The molecule has 3 heterocycles. The minimum Gasteiger partial charge on any atom is -0.504 e. The number of benzene rings is 3. The number of halogens is 3. The Bertz CT molecular complexity index is 2050. The van der Waals surface area contributed by atoms with Gasteiger partial charge in [-0.05, 0) is 36.6 Å². The summed E-state index contributed by atoms with van der Waals surface area (Å²) in [5.41, 5.74) is -0.487. The van der Waals surface area contributed by atoms with Crippen LogP contribution in [0, 0.1) is 11.6 Å². The number of alkyl halides is 1. The molecule has 0 unspecified atom stereocenters. The number of aromatic hydroxyl groups is 1. The molecule has 0 saturated carbocycles. The Labute approximate surface area is 308 Å². The fourth-order valence-corrected chi connectivity index (χ4v) is 8.28. The number of urea groups is 1. The van der Waals surface area contributed by atoms with E-state index in [-0.39, 0.29) is 98.5 Å². The number of fused-ring (bicyclic) bond motifs is 3. The van der Waals surface area contributed by atoms with Crippen molar-refractivity contribution in [3.05, 3.63) is 75.4 Å². The number of hydrogen-bond acceptors (Lipinski definition) is 8. The van der Waals surface area contributed by atoms with E-state index in [2.05, 4.69) is 26.6 Å². The second-order valence-electron chi connectivity index (χ2n) is 12.2. The molecule has 0 aromatic heterocycles. The number of unbranched alkanes of at least 4 members (excludes halogenated alkanes) is 1. The van der Waals surface area contributed by atoms with Gasteiger partial charge in [-0.25, -0.2) is 13.6 Å². The van der Waals surface area contributed by atoms with Crippen molar-refractivity contribution in [3.63, 3.8) is 0 Å². The minimum atomic E-state index is -1.09. The number of amides is 5. The second-order valence-corrected chi connectivity index (χ2v) is 14.3. The standard InChI is InChI=1S/C35H34F2IN5O7S/c36-22-11-19-26(13-25(22)44)50-33-20(12-23(37)32(47)21(33)15-41-29(46)14-38)30(19)17-5-1-2-6-18(17)34(48)40-10-9-39-28(45)8-4-3-7-27-31-24(16-51-27)42-35(49)43-31/h1-2,5-6,11-13,24,27,31,47H,3-4,7-10,14-16H2,(H,39,45)(H,40,48)(H,41,46)(H2,42,43,49)/t24-,27-,31-/m0/s1/i1+1,2+1,5+1,6+1,17+1,18+1. The normalized spacial score (nSPS) is 17.9. The maximum absolute atomic E-state index is 15.3. The van der Waals surface area contributed by atoms with E-state index in [4.69, 9.17) is 4.42 Å². The summed E-state index contributed by atoms with van der Waals surface area (Å²) in [6, 6.07) is 9.39.